The first-order chi connectivity index (χ1) is 10.7. The van der Waals surface area contributed by atoms with Gasteiger partial charge in [-0.05, 0) is 25.1 Å². The lowest BCUT2D eigenvalue weighted by molar-refractivity contribution is -0.116. The Hall–Kier alpha value is -1.52. The summed E-state index contributed by atoms with van der Waals surface area (Å²) in [5, 5.41) is 3.71. The van der Waals surface area contributed by atoms with E-state index in [1.165, 1.54) is 0 Å². The van der Waals surface area contributed by atoms with E-state index in [1.54, 1.807) is 18.2 Å². The number of benzene rings is 1. The highest BCUT2D eigenvalue weighted by atomic mass is 35.5. The molecule has 1 aromatic heterocycles. The lowest BCUT2D eigenvalue weighted by Crippen LogP contribution is -2.12. The van der Waals surface area contributed by atoms with E-state index >= 15 is 0 Å². The van der Waals surface area contributed by atoms with Crippen molar-refractivity contribution in [2.75, 3.05) is 5.32 Å². The number of oxazole rings is 1. The molecule has 0 fully saturated rings. The Bertz CT molecular complexity index is 718. The van der Waals surface area contributed by atoms with Gasteiger partial charge in [0.1, 0.15) is 5.76 Å². The molecule has 0 aliphatic carbocycles. The first kappa shape index (κ1) is 17.8. The maximum Gasteiger partial charge on any atom is 0.224 e. The fraction of sp³-hybridized carbons (Fsp3) is 0.412. The molecule has 1 N–H and O–H groups in total. The van der Waals surface area contributed by atoms with Crippen LogP contribution in [0.3, 0.4) is 0 Å². The van der Waals surface area contributed by atoms with E-state index < -0.39 is 0 Å². The van der Waals surface area contributed by atoms with Crippen LogP contribution in [0, 0.1) is 6.92 Å². The average Bonchev–Trinajstić information content (AvgIpc) is 2.81. The minimum atomic E-state index is -0.151. The van der Waals surface area contributed by atoms with E-state index in [-0.39, 0.29) is 11.3 Å². The number of hydrogen-bond donors (Lipinski definition) is 1. The van der Waals surface area contributed by atoms with Gasteiger partial charge in [-0.3, -0.25) is 4.79 Å². The molecule has 1 aromatic carbocycles. The van der Waals surface area contributed by atoms with Crippen LogP contribution < -0.4 is 5.32 Å². The third-order valence-corrected chi connectivity index (χ3v) is 3.87. The zero-order valence-corrected chi connectivity index (χ0v) is 15.2. The fourth-order valence-electron chi connectivity index (χ4n) is 2.01. The van der Waals surface area contributed by atoms with Gasteiger partial charge < -0.3 is 9.73 Å². The van der Waals surface area contributed by atoms with Crippen molar-refractivity contribution in [1.82, 2.24) is 4.98 Å². The Balaban J connectivity index is 1.98. The van der Waals surface area contributed by atoms with Crippen LogP contribution in [0.5, 0.6) is 0 Å². The van der Waals surface area contributed by atoms with Gasteiger partial charge in [-0.15, -0.1) is 0 Å². The van der Waals surface area contributed by atoms with Crippen molar-refractivity contribution in [2.24, 2.45) is 0 Å². The minimum absolute atomic E-state index is 0.137. The van der Waals surface area contributed by atoms with Crippen molar-refractivity contribution in [3.8, 4) is 0 Å². The minimum Gasteiger partial charge on any atom is -0.445 e. The third-order valence-electron chi connectivity index (χ3n) is 3.32. The summed E-state index contributed by atoms with van der Waals surface area (Å²) in [5.74, 6) is 1.29. The maximum atomic E-state index is 12.1. The van der Waals surface area contributed by atoms with Crippen molar-refractivity contribution in [3.63, 3.8) is 0 Å². The molecule has 0 unspecified atom stereocenters. The lowest BCUT2D eigenvalue weighted by atomic mass is 9.97. The van der Waals surface area contributed by atoms with Gasteiger partial charge in [0.05, 0.1) is 16.4 Å². The highest BCUT2D eigenvalue weighted by Crippen LogP contribution is 2.26. The molecule has 1 amide bonds. The quantitative estimate of drug-likeness (QED) is 0.824. The number of carbonyl (C=O) groups excluding carboxylic acids is 1. The van der Waals surface area contributed by atoms with Gasteiger partial charge in [-0.1, -0.05) is 44.0 Å². The van der Waals surface area contributed by atoms with Crippen LogP contribution in [0.2, 0.25) is 10.0 Å². The molecule has 2 rings (SSSR count). The van der Waals surface area contributed by atoms with E-state index in [0.29, 0.717) is 34.5 Å². The largest absolute Gasteiger partial charge is 0.445 e. The number of nitrogens with zero attached hydrogens (tertiary/aromatic N) is 1. The first-order valence-corrected chi connectivity index (χ1v) is 8.14. The van der Waals surface area contributed by atoms with E-state index in [4.69, 9.17) is 27.6 Å². The summed E-state index contributed by atoms with van der Waals surface area (Å²) in [5.41, 5.74) is 1.22. The van der Waals surface area contributed by atoms with Crippen LogP contribution in [0.1, 0.15) is 44.5 Å². The second kappa shape index (κ2) is 6.93. The first-order valence-electron chi connectivity index (χ1n) is 7.38. The Morgan fingerprint density at radius 3 is 2.57 bits per heavy atom. The molecule has 0 bridgehead atoms. The van der Waals surface area contributed by atoms with E-state index in [2.05, 4.69) is 10.3 Å². The van der Waals surface area contributed by atoms with Crippen molar-refractivity contribution < 1.29 is 9.21 Å². The molecule has 0 saturated carbocycles. The summed E-state index contributed by atoms with van der Waals surface area (Å²) in [4.78, 5) is 16.5. The molecule has 0 aliphatic rings. The lowest BCUT2D eigenvalue weighted by Gasteiger charge is -2.12. The Kier molecular flexibility index (Phi) is 5.37. The van der Waals surface area contributed by atoms with Crippen LogP contribution in [0.4, 0.5) is 5.69 Å². The summed E-state index contributed by atoms with van der Waals surface area (Å²) in [6.07, 6.45) is 0.782. The molecule has 6 heteroatoms. The summed E-state index contributed by atoms with van der Waals surface area (Å²) >= 11 is 11.9. The SMILES string of the molecule is Cc1nc(C(C)(C)C)oc1CCC(=O)Nc1ccc(Cl)cc1Cl. The highest BCUT2D eigenvalue weighted by Gasteiger charge is 2.22. The highest BCUT2D eigenvalue weighted by molar-refractivity contribution is 6.36. The van der Waals surface area contributed by atoms with Crippen LogP contribution in [0.15, 0.2) is 22.6 Å². The monoisotopic (exact) mass is 354 g/mol. The number of halogens is 2. The van der Waals surface area contributed by atoms with Gasteiger partial charge in [-0.2, -0.15) is 0 Å². The number of aryl methyl sites for hydroxylation is 2. The molecule has 2 aromatic rings. The maximum absolute atomic E-state index is 12.1. The van der Waals surface area contributed by atoms with Gasteiger partial charge >= 0.3 is 0 Å². The topological polar surface area (TPSA) is 55.1 Å². The van der Waals surface area contributed by atoms with Crippen LogP contribution in [-0.4, -0.2) is 10.9 Å². The van der Waals surface area contributed by atoms with E-state index in [0.717, 1.165) is 11.5 Å². The van der Waals surface area contributed by atoms with E-state index in [9.17, 15) is 4.79 Å². The summed E-state index contributed by atoms with van der Waals surface area (Å²) in [6, 6.07) is 4.95. The number of nitrogens with one attached hydrogen (secondary N) is 1. The number of carbonyl (C=O) groups is 1. The Morgan fingerprint density at radius 1 is 1.30 bits per heavy atom. The van der Waals surface area contributed by atoms with Gasteiger partial charge in [0.25, 0.3) is 0 Å². The standard InChI is InChI=1S/C17H20Cl2N2O2/c1-10-14(23-16(20-10)17(2,3)4)7-8-15(22)21-13-6-5-11(18)9-12(13)19/h5-6,9H,7-8H2,1-4H3,(H,21,22). The molecule has 4 nitrogen and oxygen atoms in total. The Labute approximate surface area is 146 Å². The number of aromatic nitrogens is 1. The molecular formula is C17H20Cl2N2O2. The van der Waals surface area contributed by atoms with Gasteiger partial charge in [0.15, 0.2) is 5.89 Å². The molecule has 0 aliphatic heterocycles. The molecule has 0 radical (unpaired) electrons. The van der Waals surface area contributed by atoms with Gasteiger partial charge in [-0.25, -0.2) is 4.98 Å². The summed E-state index contributed by atoms with van der Waals surface area (Å²) in [7, 11) is 0. The molecule has 0 atom stereocenters. The number of hydrogen-bond acceptors (Lipinski definition) is 3. The van der Waals surface area contributed by atoms with Crippen molar-refractivity contribution in [2.45, 2.75) is 46.0 Å². The normalized spacial score (nSPS) is 11.6. The second-order valence-electron chi connectivity index (χ2n) is 6.45. The Morgan fingerprint density at radius 2 is 2.00 bits per heavy atom. The predicted molar refractivity (Wildman–Crippen MR) is 93.4 cm³/mol. The van der Waals surface area contributed by atoms with Gasteiger partial charge in [0, 0.05) is 23.3 Å². The van der Waals surface area contributed by atoms with Crippen LogP contribution >= 0.6 is 23.2 Å². The third kappa shape index (κ3) is 4.72. The average molecular weight is 355 g/mol. The van der Waals surface area contributed by atoms with Crippen molar-refractivity contribution in [3.05, 3.63) is 45.6 Å². The molecular weight excluding hydrogens is 335 g/mol. The van der Waals surface area contributed by atoms with Crippen LogP contribution in [-0.2, 0) is 16.6 Å². The molecule has 0 spiro atoms. The number of rotatable bonds is 4. The zero-order valence-electron chi connectivity index (χ0n) is 13.7. The van der Waals surface area contributed by atoms with Crippen molar-refractivity contribution in [1.29, 1.82) is 0 Å². The number of amides is 1. The van der Waals surface area contributed by atoms with Crippen LogP contribution in [0.25, 0.3) is 0 Å². The molecule has 1 heterocycles. The zero-order chi connectivity index (χ0) is 17.2. The van der Waals surface area contributed by atoms with Gasteiger partial charge in [0.2, 0.25) is 5.91 Å². The van der Waals surface area contributed by atoms with E-state index in [1.807, 2.05) is 27.7 Å². The molecule has 124 valence electrons. The smallest absolute Gasteiger partial charge is 0.224 e. The van der Waals surface area contributed by atoms with Crippen molar-refractivity contribution >= 4 is 34.8 Å². The fourth-order valence-corrected chi connectivity index (χ4v) is 2.47. The summed E-state index contributed by atoms with van der Waals surface area (Å²) in [6.45, 7) is 8.01. The second-order valence-corrected chi connectivity index (χ2v) is 7.29. The predicted octanol–water partition coefficient (Wildman–Crippen LogP) is 5.16. The molecule has 23 heavy (non-hydrogen) atoms. The summed E-state index contributed by atoms with van der Waals surface area (Å²) < 4.78 is 5.78. The molecule has 0 saturated heterocycles. The number of anilines is 1.